The molecular formula is C20H16BrNO2S. The number of carbonyl (C=O) groups excluding carboxylic acids is 1. The van der Waals surface area contributed by atoms with E-state index in [9.17, 15) is 4.79 Å². The highest BCUT2D eigenvalue weighted by atomic mass is 79.9. The van der Waals surface area contributed by atoms with Crippen LogP contribution in [0.15, 0.2) is 87.1 Å². The molecule has 0 aliphatic carbocycles. The van der Waals surface area contributed by atoms with Gasteiger partial charge in [-0.05, 0) is 72.8 Å². The quantitative estimate of drug-likeness (QED) is 0.568. The van der Waals surface area contributed by atoms with Crippen molar-refractivity contribution in [3.05, 3.63) is 82.8 Å². The monoisotopic (exact) mass is 413 g/mol. The van der Waals surface area contributed by atoms with Gasteiger partial charge in [0.2, 0.25) is 0 Å². The third-order valence-electron chi connectivity index (χ3n) is 3.51. The van der Waals surface area contributed by atoms with Crippen LogP contribution in [0.4, 0.5) is 5.69 Å². The number of carbonyl (C=O) groups is 1. The Hall–Kier alpha value is -2.24. The number of methoxy groups -OCH3 is 1. The van der Waals surface area contributed by atoms with Gasteiger partial charge in [-0.25, -0.2) is 0 Å². The standard InChI is InChI=1S/C20H16BrNO2S/c1-24-17-8-2-14(3-9-17)20(23)22-16-6-12-19(13-7-16)25-18-10-4-15(21)5-11-18/h2-13H,1H3,(H,22,23). The lowest BCUT2D eigenvalue weighted by Crippen LogP contribution is -2.11. The molecule has 0 unspecified atom stereocenters. The van der Waals surface area contributed by atoms with E-state index in [1.165, 1.54) is 4.90 Å². The molecule has 126 valence electrons. The number of rotatable bonds is 5. The van der Waals surface area contributed by atoms with E-state index in [0.717, 1.165) is 20.8 Å². The molecule has 0 fully saturated rings. The summed E-state index contributed by atoms with van der Waals surface area (Å²) < 4.78 is 6.16. The van der Waals surface area contributed by atoms with E-state index in [0.29, 0.717) is 5.56 Å². The van der Waals surface area contributed by atoms with Gasteiger partial charge in [-0.2, -0.15) is 0 Å². The van der Waals surface area contributed by atoms with Crippen LogP contribution in [0.25, 0.3) is 0 Å². The van der Waals surface area contributed by atoms with Gasteiger partial charge in [-0.15, -0.1) is 0 Å². The minimum absolute atomic E-state index is 0.143. The van der Waals surface area contributed by atoms with Gasteiger partial charge in [-0.3, -0.25) is 4.79 Å². The molecule has 3 rings (SSSR count). The molecule has 0 radical (unpaired) electrons. The number of ether oxygens (including phenoxy) is 1. The summed E-state index contributed by atoms with van der Waals surface area (Å²) >= 11 is 5.11. The average Bonchev–Trinajstić information content (AvgIpc) is 2.65. The second kappa shape index (κ2) is 8.23. The highest BCUT2D eigenvalue weighted by molar-refractivity contribution is 9.10. The molecule has 0 heterocycles. The van der Waals surface area contributed by atoms with Gasteiger partial charge < -0.3 is 10.1 Å². The van der Waals surface area contributed by atoms with Gasteiger partial charge in [-0.1, -0.05) is 27.7 Å². The van der Waals surface area contributed by atoms with Gasteiger partial charge in [0, 0.05) is 25.5 Å². The van der Waals surface area contributed by atoms with Crippen LogP contribution in [0.5, 0.6) is 5.75 Å². The topological polar surface area (TPSA) is 38.3 Å². The number of benzene rings is 3. The fourth-order valence-electron chi connectivity index (χ4n) is 2.19. The predicted octanol–water partition coefficient (Wildman–Crippen LogP) is 5.86. The molecule has 3 aromatic rings. The van der Waals surface area contributed by atoms with Crippen LogP contribution in [-0.4, -0.2) is 13.0 Å². The molecule has 0 atom stereocenters. The van der Waals surface area contributed by atoms with Crippen LogP contribution in [0, 0.1) is 0 Å². The van der Waals surface area contributed by atoms with Crippen LogP contribution in [0.2, 0.25) is 0 Å². The average molecular weight is 414 g/mol. The summed E-state index contributed by atoms with van der Waals surface area (Å²) in [6, 6.07) is 23.0. The van der Waals surface area contributed by atoms with E-state index in [2.05, 4.69) is 33.4 Å². The number of nitrogens with one attached hydrogen (secondary N) is 1. The van der Waals surface area contributed by atoms with Crippen LogP contribution >= 0.6 is 27.7 Å². The molecule has 0 saturated heterocycles. The zero-order chi connectivity index (χ0) is 17.6. The molecule has 0 bridgehead atoms. The molecule has 0 aliphatic heterocycles. The second-order valence-electron chi connectivity index (χ2n) is 5.26. The Morgan fingerprint density at radius 2 is 1.44 bits per heavy atom. The Morgan fingerprint density at radius 3 is 2.00 bits per heavy atom. The molecule has 1 amide bonds. The van der Waals surface area contributed by atoms with E-state index in [1.54, 1.807) is 43.1 Å². The first-order chi connectivity index (χ1) is 12.1. The van der Waals surface area contributed by atoms with Crippen molar-refractivity contribution in [2.75, 3.05) is 12.4 Å². The summed E-state index contributed by atoms with van der Waals surface area (Å²) in [6.07, 6.45) is 0. The number of amides is 1. The van der Waals surface area contributed by atoms with E-state index >= 15 is 0 Å². The summed E-state index contributed by atoms with van der Waals surface area (Å²) in [5.74, 6) is 0.585. The number of anilines is 1. The lowest BCUT2D eigenvalue weighted by molar-refractivity contribution is 0.102. The molecular weight excluding hydrogens is 398 g/mol. The summed E-state index contributed by atoms with van der Waals surface area (Å²) in [5, 5.41) is 2.90. The summed E-state index contributed by atoms with van der Waals surface area (Å²) in [5.41, 5.74) is 1.36. The van der Waals surface area contributed by atoms with Crippen molar-refractivity contribution < 1.29 is 9.53 Å². The van der Waals surface area contributed by atoms with Gasteiger partial charge >= 0.3 is 0 Å². The normalized spacial score (nSPS) is 10.3. The predicted molar refractivity (Wildman–Crippen MR) is 106 cm³/mol. The summed E-state index contributed by atoms with van der Waals surface area (Å²) in [7, 11) is 1.60. The minimum Gasteiger partial charge on any atom is -0.497 e. The largest absolute Gasteiger partial charge is 0.497 e. The maximum absolute atomic E-state index is 12.3. The molecule has 0 aliphatic rings. The molecule has 0 aromatic heterocycles. The summed E-state index contributed by atoms with van der Waals surface area (Å²) in [6.45, 7) is 0. The third-order valence-corrected chi connectivity index (χ3v) is 5.06. The Labute approximate surface area is 159 Å². The minimum atomic E-state index is -0.143. The highest BCUT2D eigenvalue weighted by Crippen LogP contribution is 2.29. The van der Waals surface area contributed by atoms with Gasteiger partial charge in [0.1, 0.15) is 5.75 Å². The summed E-state index contributed by atoms with van der Waals surface area (Å²) in [4.78, 5) is 14.5. The SMILES string of the molecule is COc1ccc(C(=O)Nc2ccc(Sc3ccc(Br)cc3)cc2)cc1. The van der Waals surface area contributed by atoms with Crippen LogP contribution < -0.4 is 10.1 Å². The van der Waals surface area contributed by atoms with Crippen molar-refractivity contribution in [3.63, 3.8) is 0 Å². The van der Waals surface area contributed by atoms with Crippen molar-refractivity contribution in [2.24, 2.45) is 0 Å². The maximum Gasteiger partial charge on any atom is 0.255 e. The van der Waals surface area contributed by atoms with Crippen LogP contribution in [0.3, 0.4) is 0 Å². The lowest BCUT2D eigenvalue weighted by atomic mass is 10.2. The zero-order valence-electron chi connectivity index (χ0n) is 13.5. The third kappa shape index (κ3) is 4.87. The van der Waals surface area contributed by atoms with E-state index in [-0.39, 0.29) is 5.91 Å². The number of hydrogen-bond acceptors (Lipinski definition) is 3. The maximum atomic E-state index is 12.3. The van der Waals surface area contributed by atoms with E-state index < -0.39 is 0 Å². The van der Waals surface area contributed by atoms with Gasteiger partial charge in [0.05, 0.1) is 7.11 Å². The van der Waals surface area contributed by atoms with Crippen molar-refractivity contribution in [2.45, 2.75) is 9.79 Å². The first kappa shape index (κ1) is 17.6. The number of halogens is 1. The zero-order valence-corrected chi connectivity index (χ0v) is 15.9. The number of hydrogen-bond donors (Lipinski definition) is 1. The van der Waals surface area contributed by atoms with Crippen molar-refractivity contribution in [1.82, 2.24) is 0 Å². The highest BCUT2D eigenvalue weighted by Gasteiger charge is 2.06. The Bertz CT molecular complexity index is 846. The van der Waals surface area contributed by atoms with Crippen molar-refractivity contribution in [3.8, 4) is 5.75 Å². The fraction of sp³-hybridized carbons (Fsp3) is 0.0500. The van der Waals surface area contributed by atoms with Crippen molar-refractivity contribution in [1.29, 1.82) is 0 Å². The molecule has 5 heteroatoms. The molecule has 25 heavy (non-hydrogen) atoms. The molecule has 0 saturated carbocycles. The molecule has 0 spiro atoms. The Kier molecular flexibility index (Phi) is 5.79. The van der Waals surface area contributed by atoms with Gasteiger partial charge in [0.25, 0.3) is 5.91 Å². The Balaban J connectivity index is 1.63. The van der Waals surface area contributed by atoms with Crippen LogP contribution in [-0.2, 0) is 0 Å². The lowest BCUT2D eigenvalue weighted by Gasteiger charge is -2.07. The molecule has 3 nitrogen and oxygen atoms in total. The van der Waals surface area contributed by atoms with Crippen molar-refractivity contribution >= 4 is 39.3 Å². The van der Waals surface area contributed by atoms with Crippen LogP contribution in [0.1, 0.15) is 10.4 Å². The second-order valence-corrected chi connectivity index (χ2v) is 7.33. The van der Waals surface area contributed by atoms with E-state index in [4.69, 9.17) is 4.74 Å². The first-order valence-electron chi connectivity index (χ1n) is 7.63. The molecule has 1 N–H and O–H groups in total. The molecule has 3 aromatic carbocycles. The fourth-order valence-corrected chi connectivity index (χ4v) is 3.27. The smallest absolute Gasteiger partial charge is 0.255 e. The van der Waals surface area contributed by atoms with Gasteiger partial charge in [0.15, 0.2) is 0 Å². The first-order valence-corrected chi connectivity index (χ1v) is 9.24. The Morgan fingerprint density at radius 1 is 0.880 bits per heavy atom. The van der Waals surface area contributed by atoms with E-state index in [1.807, 2.05) is 36.4 Å².